The van der Waals surface area contributed by atoms with Crippen LogP contribution in [0.4, 0.5) is 4.39 Å². The molecule has 3 aliphatic rings. The van der Waals surface area contributed by atoms with Crippen molar-refractivity contribution in [3.8, 4) is 0 Å². The van der Waals surface area contributed by atoms with Crippen molar-refractivity contribution < 1.29 is 14.0 Å². The summed E-state index contributed by atoms with van der Waals surface area (Å²) in [5, 5.41) is 0. The molecule has 1 unspecified atom stereocenters. The topological polar surface area (TPSA) is 40.6 Å². The highest BCUT2D eigenvalue weighted by molar-refractivity contribution is 5.93. The van der Waals surface area contributed by atoms with Crippen LogP contribution < -0.4 is 0 Å². The van der Waals surface area contributed by atoms with Gasteiger partial charge in [0.05, 0.1) is 10.8 Å². The third-order valence-electron chi connectivity index (χ3n) is 6.14. The van der Waals surface area contributed by atoms with Gasteiger partial charge in [-0.05, 0) is 38.2 Å². The number of carbonyl (C=O) groups is 2. The van der Waals surface area contributed by atoms with Crippen LogP contribution in [0.5, 0.6) is 0 Å². The molecule has 0 radical (unpaired) electrons. The zero-order valence-electron chi connectivity index (χ0n) is 14.1. The smallest absolute Gasteiger partial charge is 0.233 e. The predicted molar refractivity (Wildman–Crippen MR) is 87.8 cm³/mol. The van der Waals surface area contributed by atoms with Crippen molar-refractivity contribution in [2.45, 2.75) is 37.5 Å². The van der Waals surface area contributed by atoms with Gasteiger partial charge in [0.25, 0.3) is 0 Å². The minimum atomic E-state index is -0.694. The Balaban J connectivity index is 1.57. The lowest BCUT2D eigenvalue weighted by Gasteiger charge is -2.37. The molecule has 4 rings (SSSR count). The highest BCUT2D eigenvalue weighted by Crippen LogP contribution is 2.52. The van der Waals surface area contributed by atoms with E-state index in [1.54, 1.807) is 23.1 Å². The van der Waals surface area contributed by atoms with Gasteiger partial charge in [0, 0.05) is 32.2 Å². The van der Waals surface area contributed by atoms with Crippen LogP contribution in [-0.4, -0.2) is 48.3 Å². The lowest BCUT2D eigenvalue weighted by Crippen LogP contribution is -2.49. The van der Waals surface area contributed by atoms with E-state index in [9.17, 15) is 14.0 Å². The Morgan fingerprint density at radius 3 is 2.58 bits per heavy atom. The average Bonchev–Trinajstić information content (AvgIpc) is 3.27. The third kappa shape index (κ3) is 2.17. The first-order valence-corrected chi connectivity index (χ1v) is 8.79. The van der Waals surface area contributed by atoms with Crippen LogP contribution in [0.25, 0.3) is 0 Å². The summed E-state index contributed by atoms with van der Waals surface area (Å²) in [6.07, 6.45) is 3.97. The maximum atomic E-state index is 14.2. The van der Waals surface area contributed by atoms with E-state index in [4.69, 9.17) is 0 Å². The number of benzene rings is 1. The first kappa shape index (κ1) is 15.6. The molecule has 24 heavy (non-hydrogen) atoms. The van der Waals surface area contributed by atoms with Crippen molar-refractivity contribution in [2.24, 2.45) is 5.41 Å². The highest BCUT2D eigenvalue weighted by atomic mass is 19.1. The van der Waals surface area contributed by atoms with E-state index < -0.39 is 10.8 Å². The Labute approximate surface area is 141 Å². The summed E-state index contributed by atoms with van der Waals surface area (Å²) in [5.74, 6) is -0.129. The number of hydrogen-bond acceptors (Lipinski definition) is 2. The van der Waals surface area contributed by atoms with Gasteiger partial charge in [0.2, 0.25) is 11.8 Å². The Kier molecular flexibility index (Phi) is 3.44. The van der Waals surface area contributed by atoms with Crippen LogP contribution in [0.3, 0.4) is 0 Å². The molecular weight excluding hydrogens is 307 g/mol. The molecule has 5 heteroatoms. The van der Waals surface area contributed by atoms with E-state index >= 15 is 0 Å². The number of rotatable bonds is 2. The molecule has 0 aromatic heterocycles. The van der Waals surface area contributed by atoms with E-state index in [0.29, 0.717) is 31.5 Å². The molecule has 1 saturated carbocycles. The van der Waals surface area contributed by atoms with Crippen molar-refractivity contribution in [3.05, 3.63) is 35.6 Å². The van der Waals surface area contributed by atoms with Gasteiger partial charge in [-0.2, -0.15) is 0 Å². The van der Waals surface area contributed by atoms with E-state index in [2.05, 4.69) is 0 Å². The minimum Gasteiger partial charge on any atom is -0.345 e. The van der Waals surface area contributed by atoms with Gasteiger partial charge in [-0.1, -0.05) is 18.2 Å². The van der Waals surface area contributed by atoms with Gasteiger partial charge in [-0.25, -0.2) is 4.39 Å². The molecule has 1 atom stereocenters. The number of likely N-dealkylation sites (tertiary alicyclic amines) is 2. The summed E-state index contributed by atoms with van der Waals surface area (Å²) in [6, 6.07) is 6.59. The molecule has 1 spiro atoms. The Morgan fingerprint density at radius 1 is 1.12 bits per heavy atom. The SMILES string of the molecule is CN1CCCC2(CCN(C(=O)C3(c4ccccc4F)CC3)C2)C1=O. The monoisotopic (exact) mass is 330 g/mol. The molecular formula is C19H23FN2O2. The summed E-state index contributed by atoms with van der Waals surface area (Å²) in [5.41, 5.74) is -0.586. The second-order valence-corrected chi connectivity index (χ2v) is 7.65. The number of amides is 2. The molecule has 3 fully saturated rings. The molecule has 0 N–H and O–H groups in total. The lowest BCUT2D eigenvalue weighted by atomic mass is 9.78. The maximum Gasteiger partial charge on any atom is 0.233 e. The van der Waals surface area contributed by atoms with Gasteiger partial charge in [0.1, 0.15) is 5.82 Å². The second kappa shape index (κ2) is 5.30. The zero-order valence-corrected chi connectivity index (χ0v) is 14.1. The van der Waals surface area contributed by atoms with Gasteiger partial charge < -0.3 is 9.80 Å². The fourth-order valence-corrected chi connectivity index (χ4v) is 4.57. The molecule has 2 saturated heterocycles. The maximum absolute atomic E-state index is 14.2. The van der Waals surface area contributed by atoms with Crippen molar-refractivity contribution in [1.82, 2.24) is 9.80 Å². The molecule has 1 aromatic carbocycles. The van der Waals surface area contributed by atoms with Crippen LogP contribution in [0.1, 0.15) is 37.7 Å². The molecule has 0 bridgehead atoms. The van der Waals surface area contributed by atoms with Gasteiger partial charge in [0.15, 0.2) is 0 Å². The van der Waals surface area contributed by atoms with Crippen LogP contribution in [0.2, 0.25) is 0 Å². The Hall–Kier alpha value is -1.91. The summed E-state index contributed by atoms with van der Waals surface area (Å²) < 4.78 is 14.2. The number of nitrogens with zero attached hydrogens (tertiary/aromatic N) is 2. The minimum absolute atomic E-state index is 0.00509. The van der Waals surface area contributed by atoms with Crippen LogP contribution in [-0.2, 0) is 15.0 Å². The van der Waals surface area contributed by atoms with E-state index in [1.807, 2.05) is 11.9 Å². The summed E-state index contributed by atoms with van der Waals surface area (Å²) in [6.45, 7) is 1.90. The second-order valence-electron chi connectivity index (χ2n) is 7.65. The van der Waals surface area contributed by atoms with Crippen LogP contribution in [0, 0.1) is 11.2 Å². The van der Waals surface area contributed by atoms with Gasteiger partial charge in [-0.15, -0.1) is 0 Å². The number of piperidine rings is 1. The molecule has 2 heterocycles. The van der Waals surface area contributed by atoms with E-state index in [-0.39, 0.29) is 17.6 Å². The number of hydrogen-bond donors (Lipinski definition) is 0. The van der Waals surface area contributed by atoms with E-state index in [1.165, 1.54) is 6.07 Å². The van der Waals surface area contributed by atoms with Crippen molar-refractivity contribution >= 4 is 11.8 Å². The van der Waals surface area contributed by atoms with Crippen molar-refractivity contribution in [2.75, 3.05) is 26.7 Å². The van der Waals surface area contributed by atoms with Crippen LogP contribution >= 0.6 is 0 Å². The lowest BCUT2D eigenvalue weighted by molar-refractivity contribution is -0.144. The molecule has 128 valence electrons. The Morgan fingerprint density at radius 2 is 1.88 bits per heavy atom. The Bertz CT molecular complexity index is 700. The largest absolute Gasteiger partial charge is 0.345 e. The molecule has 1 aliphatic carbocycles. The molecule has 1 aromatic rings. The fraction of sp³-hybridized carbons (Fsp3) is 0.579. The van der Waals surface area contributed by atoms with Gasteiger partial charge in [-0.3, -0.25) is 9.59 Å². The average molecular weight is 330 g/mol. The molecule has 2 aliphatic heterocycles. The standard InChI is InChI=1S/C19H23FN2O2/c1-21-11-4-7-18(16(21)23)10-12-22(13-18)17(24)19(8-9-19)14-5-2-3-6-15(14)20/h2-3,5-6H,4,7-13H2,1H3. The first-order chi connectivity index (χ1) is 11.5. The molecule has 2 amide bonds. The third-order valence-corrected chi connectivity index (χ3v) is 6.14. The van der Waals surface area contributed by atoms with Crippen molar-refractivity contribution in [1.29, 1.82) is 0 Å². The first-order valence-electron chi connectivity index (χ1n) is 8.79. The summed E-state index contributed by atoms with van der Waals surface area (Å²) in [4.78, 5) is 29.4. The zero-order chi connectivity index (χ0) is 16.9. The normalized spacial score (nSPS) is 28.5. The number of halogens is 1. The van der Waals surface area contributed by atoms with Gasteiger partial charge >= 0.3 is 0 Å². The highest BCUT2D eigenvalue weighted by Gasteiger charge is 2.57. The van der Waals surface area contributed by atoms with E-state index in [0.717, 1.165) is 25.8 Å². The molecule has 4 nitrogen and oxygen atoms in total. The quantitative estimate of drug-likeness (QED) is 0.835. The fourth-order valence-electron chi connectivity index (χ4n) is 4.57. The van der Waals surface area contributed by atoms with Crippen molar-refractivity contribution in [3.63, 3.8) is 0 Å². The van der Waals surface area contributed by atoms with Crippen LogP contribution in [0.15, 0.2) is 24.3 Å². The summed E-state index contributed by atoms with van der Waals surface area (Å²) >= 11 is 0. The summed E-state index contributed by atoms with van der Waals surface area (Å²) in [7, 11) is 1.84. The predicted octanol–water partition coefficient (Wildman–Crippen LogP) is 2.33. The number of carbonyl (C=O) groups excluding carboxylic acids is 2.